The molecule has 0 spiro atoms. The molecule has 0 bridgehead atoms. The van der Waals surface area contributed by atoms with Crippen molar-refractivity contribution in [1.82, 2.24) is 9.80 Å². The van der Waals surface area contributed by atoms with Gasteiger partial charge in [-0.05, 0) is 44.2 Å². The van der Waals surface area contributed by atoms with E-state index < -0.39 is 0 Å². The van der Waals surface area contributed by atoms with Crippen LogP contribution >= 0.6 is 11.3 Å². The zero-order valence-electron chi connectivity index (χ0n) is 14.7. The van der Waals surface area contributed by atoms with Crippen LogP contribution in [0.4, 0.5) is 5.00 Å². The van der Waals surface area contributed by atoms with Gasteiger partial charge in [-0.1, -0.05) is 0 Å². The van der Waals surface area contributed by atoms with E-state index in [2.05, 4.69) is 15.1 Å². The molecular weight excluding hydrogens is 338 g/mol. The van der Waals surface area contributed by atoms with Gasteiger partial charge in [0.15, 0.2) is 0 Å². The largest absolute Gasteiger partial charge is 0.465 e. The van der Waals surface area contributed by atoms with Crippen molar-refractivity contribution in [3.05, 3.63) is 16.0 Å². The Balaban J connectivity index is 1.42. The van der Waals surface area contributed by atoms with Gasteiger partial charge in [-0.15, -0.1) is 11.3 Å². The third kappa shape index (κ3) is 3.32. The van der Waals surface area contributed by atoms with Gasteiger partial charge in [0.2, 0.25) is 5.91 Å². The van der Waals surface area contributed by atoms with Crippen molar-refractivity contribution in [2.45, 2.75) is 38.1 Å². The van der Waals surface area contributed by atoms with Crippen molar-refractivity contribution >= 4 is 28.2 Å². The van der Waals surface area contributed by atoms with Crippen molar-refractivity contribution in [2.24, 2.45) is 0 Å². The second-order valence-corrected chi connectivity index (χ2v) is 8.27. The summed E-state index contributed by atoms with van der Waals surface area (Å²) in [5, 5.41) is 3.65. The molecule has 1 aromatic heterocycles. The molecule has 1 amide bonds. The molecule has 7 heteroatoms. The topological polar surface area (TPSA) is 61.9 Å². The summed E-state index contributed by atoms with van der Waals surface area (Å²) >= 11 is 1.54. The monoisotopic (exact) mass is 363 g/mol. The molecule has 136 valence electrons. The highest BCUT2D eigenvalue weighted by Crippen LogP contribution is 2.39. The lowest BCUT2D eigenvalue weighted by molar-refractivity contribution is -0.117. The van der Waals surface area contributed by atoms with Gasteiger partial charge in [-0.2, -0.15) is 0 Å². The molecule has 1 atom stereocenters. The van der Waals surface area contributed by atoms with E-state index in [9.17, 15) is 9.59 Å². The predicted molar refractivity (Wildman–Crippen MR) is 97.3 cm³/mol. The Kier molecular flexibility index (Phi) is 4.80. The smallest absolute Gasteiger partial charge is 0.341 e. The fourth-order valence-corrected chi connectivity index (χ4v) is 5.67. The Hall–Kier alpha value is -1.44. The van der Waals surface area contributed by atoms with Gasteiger partial charge in [0.05, 0.1) is 19.2 Å². The summed E-state index contributed by atoms with van der Waals surface area (Å²) in [6.45, 7) is 4.56. The number of nitrogens with zero attached hydrogens (tertiary/aromatic N) is 2. The van der Waals surface area contributed by atoms with Crippen LogP contribution in [0.5, 0.6) is 0 Å². The van der Waals surface area contributed by atoms with Crippen molar-refractivity contribution in [2.75, 3.05) is 45.2 Å². The molecular formula is C18H25N3O3S. The summed E-state index contributed by atoms with van der Waals surface area (Å²) in [5.41, 5.74) is 1.65. The van der Waals surface area contributed by atoms with Gasteiger partial charge in [-0.25, -0.2) is 4.79 Å². The number of rotatable bonds is 4. The van der Waals surface area contributed by atoms with E-state index in [1.54, 1.807) is 0 Å². The number of hydrogen-bond donors (Lipinski definition) is 1. The normalized spacial score (nSPS) is 23.3. The fraction of sp³-hybridized carbons (Fsp3) is 0.667. The minimum Gasteiger partial charge on any atom is -0.465 e. The van der Waals surface area contributed by atoms with Crippen LogP contribution in [0.2, 0.25) is 0 Å². The first kappa shape index (κ1) is 17.0. The zero-order chi connectivity index (χ0) is 17.4. The molecule has 2 aliphatic heterocycles. The van der Waals surface area contributed by atoms with Crippen molar-refractivity contribution in [1.29, 1.82) is 0 Å². The van der Waals surface area contributed by atoms with E-state index in [0.29, 0.717) is 23.2 Å². The van der Waals surface area contributed by atoms with E-state index in [-0.39, 0.29) is 11.9 Å². The van der Waals surface area contributed by atoms with Gasteiger partial charge in [-0.3, -0.25) is 14.6 Å². The van der Waals surface area contributed by atoms with Crippen LogP contribution in [-0.2, 0) is 22.4 Å². The summed E-state index contributed by atoms with van der Waals surface area (Å²) in [6, 6.07) is 0.609. The first-order chi connectivity index (χ1) is 12.2. The van der Waals surface area contributed by atoms with Crippen LogP contribution in [0.1, 0.15) is 40.1 Å². The quantitative estimate of drug-likeness (QED) is 0.826. The highest BCUT2D eigenvalue weighted by molar-refractivity contribution is 7.17. The second-order valence-electron chi connectivity index (χ2n) is 7.17. The average Bonchev–Trinajstić information content (AvgIpc) is 3.29. The molecule has 0 saturated carbocycles. The number of thiophene rings is 1. The summed E-state index contributed by atoms with van der Waals surface area (Å²) in [5.74, 6) is -0.370. The molecule has 2 saturated heterocycles. The standard InChI is InChI=1S/C18H25N3O3S/c1-24-18(23)16-13-5-2-6-14(13)25-17(16)19-15(22)11-20-8-9-21-7-3-4-12(21)10-20/h12H,2-11H2,1H3,(H,19,22). The number of methoxy groups -OCH3 is 1. The Morgan fingerprint density at radius 1 is 1.24 bits per heavy atom. The molecule has 1 N–H and O–H groups in total. The summed E-state index contributed by atoms with van der Waals surface area (Å²) < 4.78 is 4.94. The first-order valence-corrected chi connectivity index (χ1v) is 9.96. The van der Waals surface area contributed by atoms with Gasteiger partial charge in [0.1, 0.15) is 5.00 Å². The zero-order valence-corrected chi connectivity index (χ0v) is 15.5. The highest BCUT2D eigenvalue weighted by atomic mass is 32.1. The molecule has 1 aliphatic carbocycles. The average molecular weight is 363 g/mol. The number of carbonyl (C=O) groups excluding carboxylic acids is 2. The molecule has 1 aromatic rings. The maximum atomic E-state index is 12.6. The van der Waals surface area contributed by atoms with E-state index in [4.69, 9.17) is 4.74 Å². The SMILES string of the molecule is COC(=O)c1c(NC(=O)CN2CCN3CCCC3C2)sc2c1CCC2. The summed E-state index contributed by atoms with van der Waals surface area (Å²) in [7, 11) is 1.40. The summed E-state index contributed by atoms with van der Waals surface area (Å²) in [4.78, 5) is 30.7. The molecule has 25 heavy (non-hydrogen) atoms. The van der Waals surface area contributed by atoms with Crippen LogP contribution in [0, 0.1) is 0 Å². The maximum Gasteiger partial charge on any atom is 0.341 e. The number of aryl methyl sites for hydroxylation is 1. The number of ether oxygens (including phenoxy) is 1. The second kappa shape index (κ2) is 7.05. The van der Waals surface area contributed by atoms with Crippen molar-refractivity contribution in [3.8, 4) is 0 Å². The molecule has 6 nitrogen and oxygen atoms in total. The van der Waals surface area contributed by atoms with Gasteiger partial charge >= 0.3 is 5.97 Å². The van der Waals surface area contributed by atoms with Crippen LogP contribution in [0.25, 0.3) is 0 Å². The van der Waals surface area contributed by atoms with Crippen LogP contribution in [-0.4, -0.2) is 67.6 Å². The summed E-state index contributed by atoms with van der Waals surface area (Å²) in [6.07, 6.45) is 5.47. The molecule has 3 aliphatic rings. The van der Waals surface area contributed by atoms with Crippen LogP contribution < -0.4 is 5.32 Å². The highest BCUT2D eigenvalue weighted by Gasteiger charge is 2.32. The number of carbonyl (C=O) groups is 2. The van der Waals surface area contributed by atoms with E-state index >= 15 is 0 Å². The lowest BCUT2D eigenvalue weighted by atomic mass is 10.1. The molecule has 4 rings (SSSR count). The lowest BCUT2D eigenvalue weighted by Gasteiger charge is -2.37. The number of piperazine rings is 1. The Morgan fingerprint density at radius 2 is 2.12 bits per heavy atom. The first-order valence-electron chi connectivity index (χ1n) is 9.15. The number of nitrogens with one attached hydrogen (secondary N) is 1. The minimum absolute atomic E-state index is 0.0310. The number of amides is 1. The third-order valence-corrected chi connectivity index (χ3v) is 6.81. The van der Waals surface area contributed by atoms with Crippen molar-refractivity contribution in [3.63, 3.8) is 0 Å². The molecule has 3 heterocycles. The van der Waals surface area contributed by atoms with E-state index in [1.807, 2.05) is 0 Å². The maximum absolute atomic E-state index is 12.6. The number of hydrogen-bond acceptors (Lipinski definition) is 6. The van der Waals surface area contributed by atoms with Gasteiger partial charge < -0.3 is 10.1 Å². The Morgan fingerprint density at radius 3 is 2.96 bits per heavy atom. The number of fused-ring (bicyclic) bond motifs is 2. The molecule has 0 radical (unpaired) electrons. The van der Waals surface area contributed by atoms with Crippen LogP contribution in [0.15, 0.2) is 0 Å². The Bertz CT molecular complexity index is 687. The van der Waals surface area contributed by atoms with E-state index in [0.717, 1.165) is 44.5 Å². The van der Waals surface area contributed by atoms with Gasteiger partial charge in [0.25, 0.3) is 0 Å². The minimum atomic E-state index is -0.339. The molecule has 1 unspecified atom stereocenters. The van der Waals surface area contributed by atoms with E-state index in [1.165, 1.54) is 42.7 Å². The number of anilines is 1. The molecule has 2 fully saturated rings. The third-order valence-electron chi connectivity index (χ3n) is 5.60. The predicted octanol–water partition coefficient (Wildman–Crippen LogP) is 1.74. The molecule has 0 aromatic carbocycles. The lowest BCUT2D eigenvalue weighted by Crippen LogP contribution is -2.51. The van der Waals surface area contributed by atoms with Gasteiger partial charge in [0, 0.05) is 30.6 Å². The Labute approximate surface area is 152 Å². The van der Waals surface area contributed by atoms with Crippen LogP contribution in [0.3, 0.4) is 0 Å². The van der Waals surface area contributed by atoms with Crippen molar-refractivity contribution < 1.29 is 14.3 Å². The number of esters is 1. The fourth-order valence-electron chi connectivity index (χ4n) is 4.38.